The number of carbonyl (C=O) groups is 1. The molecular formula is C24H24N2O2S. The Morgan fingerprint density at radius 1 is 1.03 bits per heavy atom. The van der Waals surface area contributed by atoms with Crippen LogP contribution < -0.4 is 15.0 Å². The summed E-state index contributed by atoms with van der Waals surface area (Å²) in [5, 5.41) is 3.09. The summed E-state index contributed by atoms with van der Waals surface area (Å²) in [6.45, 7) is 1.80. The molecule has 29 heavy (non-hydrogen) atoms. The maximum absolute atomic E-state index is 12.5. The summed E-state index contributed by atoms with van der Waals surface area (Å²) in [7, 11) is 1.65. The lowest BCUT2D eigenvalue weighted by Crippen LogP contribution is -2.22. The first-order valence-corrected chi connectivity index (χ1v) is 10.7. The third-order valence-electron chi connectivity index (χ3n) is 5.07. The highest BCUT2D eigenvalue weighted by molar-refractivity contribution is 8.00. The van der Waals surface area contributed by atoms with Crippen molar-refractivity contribution in [2.45, 2.75) is 17.9 Å². The van der Waals surface area contributed by atoms with Crippen molar-refractivity contribution in [3.63, 3.8) is 0 Å². The van der Waals surface area contributed by atoms with Crippen LogP contribution in [0.3, 0.4) is 0 Å². The molecule has 0 aliphatic carbocycles. The molecule has 0 unspecified atom stereocenters. The number of amides is 1. The maximum Gasteiger partial charge on any atom is 0.234 e. The number of methoxy groups -OCH3 is 1. The van der Waals surface area contributed by atoms with E-state index in [0.717, 1.165) is 41.4 Å². The van der Waals surface area contributed by atoms with Gasteiger partial charge in [0.1, 0.15) is 5.75 Å². The summed E-state index contributed by atoms with van der Waals surface area (Å²) in [6.07, 6.45) is 1.07. The minimum atomic E-state index is 0.0000835. The second-order valence-electron chi connectivity index (χ2n) is 6.97. The van der Waals surface area contributed by atoms with Crippen molar-refractivity contribution in [2.24, 2.45) is 0 Å². The van der Waals surface area contributed by atoms with E-state index >= 15 is 0 Å². The van der Waals surface area contributed by atoms with Gasteiger partial charge in [-0.2, -0.15) is 0 Å². The minimum Gasteiger partial charge on any atom is -0.497 e. The largest absolute Gasteiger partial charge is 0.497 e. The van der Waals surface area contributed by atoms with Crippen LogP contribution >= 0.6 is 11.8 Å². The van der Waals surface area contributed by atoms with E-state index in [4.69, 9.17) is 4.74 Å². The van der Waals surface area contributed by atoms with Crippen LogP contribution in [0.4, 0.5) is 11.4 Å². The summed E-state index contributed by atoms with van der Waals surface area (Å²) >= 11 is 1.52. The standard InChI is InChI=1S/C24H24N2O2S/c1-28-20-10-12-21(13-11-20)29-17-24(27)25-22-8-4-2-7-19(22)16-26-15-14-18-6-3-5-9-23(18)26/h2-13H,14-17H2,1H3,(H,25,27). The molecule has 0 aromatic heterocycles. The Kier molecular flexibility index (Phi) is 6.06. The Balaban J connectivity index is 1.38. The van der Waals surface area contributed by atoms with E-state index in [1.165, 1.54) is 23.0 Å². The van der Waals surface area contributed by atoms with E-state index < -0.39 is 0 Å². The molecule has 0 saturated carbocycles. The first kappa shape index (κ1) is 19.4. The van der Waals surface area contributed by atoms with Crippen LogP contribution in [0.25, 0.3) is 0 Å². The molecule has 3 aromatic carbocycles. The Labute approximate surface area is 175 Å². The summed E-state index contributed by atoms with van der Waals surface area (Å²) in [5.74, 6) is 1.18. The lowest BCUT2D eigenvalue weighted by Gasteiger charge is -2.21. The van der Waals surface area contributed by atoms with Gasteiger partial charge in [0.05, 0.1) is 12.9 Å². The molecule has 0 fully saturated rings. The molecule has 1 amide bonds. The molecule has 0 bridgehead atoms. The molecule has 1 aliphatic heterocycles. The molecule has 1 N–H and O–H groups in total. The van der Waals surface area contributed by atoms with Crippen molar-refractivity contribution in [2.75, 3.05) is 29.6 Å². The molecule has 4 rings (SSSR count). The third kappa shape index (κ3) is 4.74. The Morgan fingerprint density at radius 3 is 2.62 bits per heavy atom. The first-order chi connectivity index (χ1) is 14.2. The number of anilines is 2. The van der Waals surface area contributed by atoms with Gasteiger partial charge >= 0.3 is 0 Å². The molecular weight excluding hydrogens is 380 g/mol. The van der Waals surface area contributed by atoms with Crippen molar-refractivity contribution in [3.05, 3.63) is 83.9 Å². The smallest absolute Gasteiger partial charge is 0.234 e. The van der Waals surface area contributed by atoms with Crippen molar-refractivity contribution in [1.29, 1.82) is 0 Å². The number of rotatable bonds is 7. The van der Waals surface area contributed by atoms with Gasteiger partial charge in [0, 0.05) is 29.4 Å². The normalized spacial score (nSPS) is 12.5. The number of ether oxygens (including phenoxy) is 1. The molecule has 1 aliphatic rings. The zero-order valence-electron chi connectivity index (χ0n) is 16.4. The van der Waals surface area contributed by atoms with Crippen LogP contribution in [0.1, 0.15) is 11.1 Å². The minimum absolute atomic E-state index is 0.0000835. The lowest BCUT2D eigenvalue weighted by atomic mass is 10.1. The highest BCUT2D eigenvalue weighted by atomic mass is 32.2. The van der Waals surface area contributed by atoms with Crippen LogP contribution in [-0.4, -0.2) is 25.3 Å². The van der Waals surface area contributed by atoms with E-state index in [1.54, 1.807) is 7.11 Å². The van der Waals surface area contributed by atoms with Crippen molar-refractivity contribution >= 4 is 29.0 Å². The van der Waals surface area contributed by atoms with E-state index in [-0.39, 0.29) is 5.91 Å². The number of para-hydroxylation sites is 2. The predicted octanol–water partition coefficient (Wildman–Crippen LogP) is 4.99. The fraction of sp³-hybridized carbons (Fsp3) is 0.208. The van der Waals surface area contributed by atoms with Gasteiger partial charge in [-0.15, -0.1) is 11.8 Å². The van der Waals surface area contributed by atoms with Crippen molar-refractivity contribution in [3.8, 4) is 5.75 Å². The third-order valence-corrected chi connectivity index (χ3v) is 6.08. The predicted molar refractivity (Wildman–Crippen MR) is 120 cm³/mol. The molecule has 0 radical (unpaired) electrons. The van der Waals surface area contributed by atoms with Crippen molar-refractivity contribution < 1.29 is 9.53 Å². The Morgan fingerprint density at radius 2 is 1.79 bits per heavy atom. The fourth-order valence-electron chi connectivity index (χ4n) is 3.56. The lowest BCUT2D eigenvalue weighted by molar-refractivity contribution is -0.113. The van der Waals surface area contributed by atoms with Crippen LogP contribution in [-0.2, 0) is 17.8 Å². The van der Waals surface area contributed by atoms with Crippen LogP contribution in [0.5, 0.6) is 5.75 Å². The fourth-order valence-corrected chi connectivity index (χ4v) is 4.26. The second kappa shape index (κ2) is 9.05. The summed E-state index contributed by atoms with van der Waals surface area (Å²) < 4.78 is 5.17. The first-order valence-electron chi connectivity index (χ1n) is 9.70. The van der Waals surface area contributed by atoms with Gasteiger partial charge in [0.2, 0.25) is 5.91 Å². The van der Waals surface area contributed by atoms with Gasteiger partial charge in [-0.3, -0.25) is 4.79 Å². The number of thioether (sulfide) groups is 1. The van der Waals surface area contributed by atoms with Crippen LogP contribution in [0.2, 0.25) is 0 Å². The van der Waals surface area contributed by atoms with E-state index in [0.29, 0.717) is 5.75 Å². The Bertz CT molecular complexity index is 988. The number of hydrogen-bond acceptors (Lipinski definition) is 4. The van der Waals surface area contributed by atoms with Crippen LogP contribution in [0, 0.1) is 0 Å². The van der Waals surface area contributed by atoms with Crippen molar-refractivity contribution in [1.82, 2.24) is 0 Å². The molecule has 1 heterocycles. The summed E-state index contributed by atoms with van der Waals surface area (Å²) in [4.78, 5) is 16.0. The van der Waals surface area contributed by atoms with Gasteiger partial charge in [0.15, 0.2) is 0 Å². The van der Waals surface area contributed by atoms with Gasteiger partial charge in [0.25, 0.3) is 0 Å². The highest BCUT2D eigenvalue weighted by Crippen LogP contribution is 2.30. The van der Waals surface area contributed by atoms with Gasteiger partial charge in [-0.1, -0.05) is 36.4 Å². The molecule has 148 valence electrons. The number of benzene rings is 3. The van der Waals surface area contributed by atoms with Gasteiger partial charge < -0.3 is 15.0 Å². The molecule has 3 aromatic rings. The molecule has 4 nitrogen and oxygen atoms in total. The number of fused-ring (bicyclic) bond motifs is 1. The number of carbonyl (C=O) groups excluding carboxylic acids is 1. The molecule has 5 heteroatoms. The quantitative estimate of drug-likeness (QED) is 0.564. The number of nitrogens with one attached hydrogen (secondary N) is 1. The second-order valence-corrected chi connectivity index (χ2v) is 8.02. The highest BCUT2D eigenvalue weighted by Gasteiger charge is 2.19. The topological polar surface area (TPSA) is 41.6 Å². The summed E-state index contributed by atoms with van der Waals surface area (Å²) in [6, 6.07) is 24.4. The average Bonchev–Trinajstić information content (AvgIpc) is 3.17. The monoisotopic (exact) mass is 404 g/mol. The average molecular weight is 405 g/mol. The Hall–Kier alpha value is -2.92. The molecule has 0 saturated heterocycles. The van der Waals surface area contributed by atoms with Gasteiger partial charge in [-0.25, -0.2) is 0 Å². The molecule has 0 atom stereocenters. The van der Waals surface area contributed by atoms with Gasteiger partial charge in [-0.05, 0) is 53.9 Å². The zero-order valence-corrected chi connectivity index (χ0v) is 17.2. The summed E-state index contributed by atoms with van der Waals surface area (Å²) in [5.41, 5.74) is 4.71. The molecule has 0 spiro atoms. The van der Waals surface area contributed by atoms with E-state index in [1.807, 2.05) is 42.5 Å². The SMILES string of the molecule is COc1ccc(SCC(=O)Nc2ccccc2CN2CCc3ccccc32)cc1. The maximum atomic E-state index is 12.5. The zero-order chi connectivity index (χ0) is 20.1. The number of hydrogen-bond donors (Lipinski definition) is 1. The van der Waals surface area contributed by atoms with E-state index in [2.05, 4.69) is 40.5 Å². The van der Waals surface area contributed by atoms with E-state index in [9.17, 15) is 4.79 Å². The van der Waals surface area contributed by atoms with Crippen LogP contribution in [0.15, 0.2) is 77.7 Å². The number of nitrogens with zero attached hydrogens (tertiary/aromatic N) is 1.